The Morgan fingerprint density at radius 2 is 2.00 bits per heavy atom. The third-order valence-corrected chi connectivity index (χ3v) is 3.93. The smallest absolute Gasteiger partial charge is 0.259 e. The maximum absolute atomic E-state index is 11.5. The van der Waals surface area contributed by atoms with E-state index in [2.05, 4.69) is 4.72 Å². The summed E-state index contributed by atoms with van der Waals surface area (Å²) < 4.78 is 27.9. The molecule has 2 rings (SSSR count). The van der Waals surface area contributed by atoms with E-state index in [9.17, 15) is 9.00 Å². The van der Waals surface area contributed by atoms with Gasteiger partial charge in [0.05, 0.1) is 10.7 Å². The summed E-state index contributed by atoms with van der Waals surface area (Å²) >= 11 is 9.68. The monoisotopic (exact) mass is 373 g/mol. The van der Waals surface area contributed by atoms with Crippen LogP contribution >= 0.6 is 23.2 Å². The molecule has 0 radical (unpaired) electrons. The number of anilines is 1. The molecule has 0 heterocycles. The quantitative estimate of drug-likeness (QED) is 0.583. The first-order valence-corrected chi connectivity index (χ1v) is 8.32. The van der Waals surface area contributed by atoms with Crippen LogP contribution in [-0.2, 0) is 17.9 Å². The molecule has 8 heteroatoms. The SMILES string of the molecule is CC(=O)c1ccc(NS(=O)O)c(COc2cc(Cl)ccc2Cl)c1. The van der Waals surface area contributed by atoms with E-state index in [1.165, 1.54) is 6.92 Å². The molecule has 0 amide bonds. The van der Waals surface area contributed by atoms with Gasteiger partial charge in [0.2, 0.25) is 0 Å². The van der Waals surface area contributed by atoms with Crippen LogP contribution in [0.5, 0.6) is 5.75 Å². The van der Waals surface area contributed by atoms with Crippen LogP contribution in [-0.4, -0.2) is 14.5 Å². The normalized spacial score (nSPS) is 11.8. The van der Waals surface area contributed by atoms with Gasteiger partial charge in [0.15, 0.2) is 5.78 Å². The van der Waals surface area contributed by atoms with Crippen molar-refractivity contribution in [2.24, 2.45) is 0 Å². The van der Waals surface area contributed by atoms with Gasteiger partial charge in [-0.1, -0.05) is 23.2 Å². The summed E-state index contributed by atoms with van der Waals surface area (Å²) in [5.41, 5.74) is 1.39. The Bertz CT molecular complexity index is 767. The molecule has 2 N–H and O–H groups in total. The molecule has 1 unspecified atom stereocenters. The standard InChI is InChI=1S/C15H13Cl2NO4S/c1-9(19)10-2-5-14(18-23(20)21)11(6-10)8-22-15-7-12(16)3-4-13(15)17/h2-7,18H,8H2,1H3,(H,20,21). The molecule has 0 bridgehead atoms. The van der Waals surface area contributed by atoms with Crippen LogP contribution in [0, 0.1) is 0 Å². The molecule has 0 aliphatic carbocycles. The summed E-state index contributed by atoms with van der Waals surface area (Å²) in [5.74, 6) is 0.257. The molecular formula is C15H13Cl2NO4S. The van der Waals surface area contributed by atoms with E-state index in [0.717, 1.165) is 0 Å². The van der Waals surface area contributed by atoms with Crippen LogP contribution in [0.2, 0.25) is 10.0 Å². The molecule has 0 aliphatic rings. The molecule has 0 saturated carbocycles. The largest absolute Gasteiger partial charge is 0.487 e. The second-order valence-electron chi connectivity index (χ2n) is 4.64. The lowest BCUT2D eigenvalue weighted by Gasteiger charge is -2.13. The second-order valence-corrected chi connectivity index (χ2v) is 6.19. The Morgan fingerprint density at radius 1 is 1.26 bits per heavy atom. The second kappa shape index (κ2) is 7.79. The maximum Gasteiger partial charge on any atom is 0.259 e. The van der Waals surface area contributed by atoms with E-state index >= 15 is 0 Å². The van der Waals surface area contributed by atoms with E-state index in [0.29, 0.717) is 32.6 Å². The summed E-state index contributed by atoms with van der Waals surface area (Å²) in [5, 5.41) is 0.856. The summed E-state index contributed by atoms with van der Waals surface area (Å²) in [7, 11) is 0. The number of hydrogen-bond acceptors (Lipinski definition) is 3. The fourth-order valence-electron chi connectivity index (χ4n) is 1.87. The number of ketones is 1. The van der Waals surface area contributed by atoms with Gasteiger partial charge < -0.3 is 4.74 Å². The predicted molar refractivity (Wildman–Crippen MR) is 91.6 cm³/mol. The van der Waals surface area contributed by atoms with E-state index in [4.69, 9.17) is 32.5 Å². The molecular weight excluding hydrogens is 361 g/mol. The van der Waals surface area contributed by atoms with Gasteiger partial charge in [-0.3, -0.25) is 14.1 Å². The van der Waals surface area contributed by atoms with Crippen molar-refractivity contribution in [3.63, 3.8) is 0 Å². The van der Waals surface area contributed by atoms with Gasteiger partial charge in [0.1, 0.15) is 12.4 Å². The minimum Gasteiger partial charge on any atom is -0.487 e. The molecule has 0 fully saturated rings. The lowest BCUT2D eigenvalue weighted by molar-refractivity contribution is 0.101. The van der Waals surface area contributed by atoms with Crippen LogP contribution in [0.4, 0.5) is 5.69 Å². The minimum absolute atomic E-state index is 0.0424. The molecule has 1 atom stereocenters. The Hall–Kier alpha value is -1.60. The third kappa shape index (κ3) is 4.94. The number of carbonyl (C=O) groups excluding carboxylic acids is 1. The predicted octanol–water partition coefficient (Wildman–Crippen LogP) is 4.32. The molecule has 2 aromatic rings. The average molecular weight is 374 g/mol. The first-order valence-electron chi connectivity index (χ1n) is 6.46. The van der Waals surface area contributed by atoms with E-state index in [1.54, 1.807) is 36.4 Å². The highest BCUT2D eigenvalue weighted by Gasteiger charge is 2.10. The van der Waals surface area contributed by atoms with Crippen molar-refractivity contribution in [3.05, 3.63) is 57.6 Å². The molecule has 0 saturated heterocycles. The summed E-state index contributed by atoms with van der Waals surface area (Å²) in [4.78, 5) is 11.5. The number of rotatable bonds is 6. The van der Waals surface area contributed by atoms with Crippen LogP contribution in [0.1, 0.15) is 22.8 Å². The van der Waals surface area contributed by atoms with Crippen molar-refractivity contribution < 1.29 is 18.3 Å². The Morgan fingerprint density at radius 3 is 2.65 bits per heavy atom. The highest BCUT2D eigenvalue weighted by molar-refractivity contribution is 7.80. The number of Topliss-reactive ketones (excluding diaryl/α,β-unsaturated/α-hetero) is 1. The van der Waals surface area contributed by atoms with Gasteiger partial charge in [-0.15, -0.1) is 0 Å². The highest BCUT2D eigenvalue weighted by Crippen LogP contribution is 2.29. The number of nitrogens with one attached hydrogen (secondary N) is 1. The van der Waals surface area contributed by atoms with Gasteiger partial charge in [-0.2, -0.15) is 0 Å². The van der Waals surface area contributed by atoms with E-state index < -0.39 is 11.3 Å². The van der Waals surface area contributed by atoms with Crippen molar-refractivity contribution in [2.75, 3.05) is 4.72 Å². The van der Waals surface area contributed by atoms with Gasteiger partial charge in [0.25, 0.3) is 11.3 Å². The number of hydrogen-bond donors (Lipinski definition) is 2. The maximum atomic E-state index is 11.5. The molecule has 2 aromatic carbocycles. The Labute approximate surface area is 146 Å². The molecule has 0 aromatic heterocycles. The zero-order chi connectivity index (χ0) is 17.0. The van der Waals surface area contributed by atoms with Gasteiger partial charge in [-0.25, -0.2) is 4.21 Å². The molecule has 5 nitrogen and oxygen atoms in total. The van der Waals surface area contributed by atoms with Gasteiger partial charge in [-0.05, 0) is 37.3 Å². The molecule has 0 spiro atoms. The number of halogens is 2. The van der Waals surface area contributed by atoms with E-state index in [-0.39, 0.29) is 12.4 Å². The minimum atomic E-state index is -2.24. The van der Waals surface area contributed by atoms with Gasteiger partial charge >= 0.3 is 0 Å². The van der Waals surface area contributed by atoms with Crippen molar-refractivity contribution in [2.45, 2.75) is 13.5 Å². The number of benzene rings is 2. The first-order chi connectivity index (χ1) is 10.9. The topological polar surface area (TPSA) is 75.6 Å². The van der Waals surface area contributed by atoms with Crippen LogP contribution in [0.25, 0.3) is 0 Å². The van der Waals surface area contributed by atoms with Crippen molar-refractivity contribution in [1.82, 2.24) is 0 Å². The zero-order valence-corrected chi connectivity index (χ0v) is 14.3. The number of ether oxygens (including phenoxy) is 1. The summed E-state index contributed by atoms with van der Waals surface area (Å²) in [6, 6.07) is 9.50. The third-order valence-electron chi connectivity index (χ3n) is 2.99. The lowest BCUT2D eigenvalue weighted by atomic mass is 10.1. The average Bonchev–Trinajstić information content (AvgIpc) is 2.48. The van der Waals surface area contributed by atoms with Gasteiger partial charge in [0, 0.05) is 22.2 Å². The van der Waals surface area contributed by atoms with Crippen LogP contribution < -0.4 is 9.46 Å². The summed E-state index contributed by atoms with van der Waals surface area (Å²) in [6.45, 7) is 1.48. The fourth-order valence-corrected chi connectivity index (χ4v) is 2.59. The molecule has 122 valence electrons. The summed E-state index contributed by atoms with van der Waals surface area (Å²) in [6.07, 6.45) is 0. The number of carbonyl (C=O) groups is 1. The fraction of sp³-hybridized carbons (Fsp3) is 0.133. The zero-order valence-electron chi connectivity index (χ0n) is 12.0. The molecule has 0 aliphatic heterocycles. The Balaban J connectivity index is 2.28. The molecule has 23 heavy (non-hydrogen) atoms. The van der Waals surface area contributed by atoms with Crippen molar-refractivity contribution >= 4 is 45.9 Å². The van der Waals surface area contributed by atoms with Crippen LogP contribution in [0.3, 0.4) is 0 Å². The van der Waals surface area contributed by atoms with Crippen LogP contribution in [0.15, 0.2) is 36.4 Å². The lowest BCUT2D eigenvalue weighted by Crippen LogP contribution is -2.08. The van der Waals surface area contributed by atoms with Crippen molar-refractivity contribution in [3.8, 4) is 5.75 Å². The first kappa shape index (κ1) is 17.7. The van der Waals surface area contributed by atoms with Crippen molar-refractivity contribution in [1.29, 1.82) is 0 Å². The Kier molecular flexibility index (Phi) is 6.01. The van der Waals surface area contributed by atoms with E-state index in [1.807, 2.05) is 0 Å². The highest BCUT2D eigenvalue weighted by atomic mass is 35.5.